The Morgan fingerprint density at radius 3 is 2.66 bits per heavy atom. The third kappa shape index (κ3) is 4.91. The van der Waals surface area contributed by atoms with Crippen molar-refractivity contribution in [3.63, 3.8) is 0 Å². The number of amides is 2. The van der Waals surface area contributed by atoms with Crippen molar-refractivity contribution < 1.29 is 9.59 Å². The first-order chi connectivity index (χ1) is 15.5. The number of nitrogens with zero attached hydrogens (tertiary/aromatic N) is 5. The Labute approximate surface area is 187 Å². The average molecular weight is 431 g/mol. The highest BCUT2D eigenvalue weighted by Gasteiger charge is 2.32. The number of rotatable bonds is 7. The number of anilines is 1. The van der Waals surface area contributed by atoms with Crippen molar-refractivity contribution in [1.82, 2.24) is 24.8 Å². The lowest BCUT2D eigenvalue weighted by molar-refractivity contribution is -0.128. The predicted octanol–water partition coefficient (Wildman–Crippen LogP) is 2.70. The van der Waals surface area contributed by atoms with Gasteiger partial charge in [0.05, 0.1) is 12.2 Å². The highest BCUT2D eigenvalue weighted by atomic mass is 16.2. The van der Waals surface area contributed by atoms with E-state index < -0.39 is 0 Å². The van der Waals surface area contributed by atoms with Crippen LogP contribution in [0.4, 0.5) is 5.82 Å². The van der Waals surface area contributed by atoms with Crippen LogP contribution in [-0.2, 0) is 17.9 Å². The Morgan fingerprint density at radius 2 is 1.94 bits per heavy atom. The first-order valence-corrected chi connectivity index (χ1v) is 10.6. The molecule has 1 aliphatic heterocycles. The van der Waals surface area contributed by atoms with Gasteiger partial charge in [-0.25, -0.2) is 9.97 Å². The molecule has 4 rings (SSSR count). The van der Waals surface area contributed by atoms with Crippen molar-refractivity contribution in [3.8, 4) is 0 Å². The molecule has 1 N–H and O–H groups in total. The Kier molecular flexibility index (Phi) is 6.39. The standard InChI is InChI=1S/C24H26N6O2/c1-25-21-13-20(18-12-23(31)30(15-18)14-17-8-4-3-5-9-17)27-22(28-21)16-29(2)24(32)19-10-6-7-11-26-19/h3-11,13,18H,12,14-16H2,1-2H3,(H,25,27,28)/t18-/m1/s1. The molecule has 164 valence electrons. The van der Waals surface area contributed by atoms with Crippen LogP contribution < -0.4 is 5.32 Å². The molecule has 1 atom stereocenters. The first-order valence-electron chi connectivity index (χ1n) is 10.6. The van der Waals surface area contributed by atoms with E-state index in [-0.39, 0.29) is 24.3 Å². The zero-order valence-corrected chi connectivity index (χ0v) is 18.2. The number of carbonyl (C=O) groups excluding carboxylic acids is 2. The lowest BCUT2D eigenvalue weighted by Gasteiger charge is -2.19. The normalized spacial score (nSPS) is 15.6. The van der Waals surface area contributed by atoms with Gasteiger partial charge in [-0.3, -0.25) is 14.6 Å². The number of carbonyl (C=O) groups is 2. The number of pyridine rings is 1. The summed E-state index contributed by atoms with van der Waals surface area (Å²) >= 11 is 0. The summed E-state index contributed by atoms with van der Waals surface area (Å²) in [5.74, 6) is 1.09. The average Bonchev–Trinajstić information content (AvgIpc) is 3.19. The van der Waals surface area contributed by atoms with Crippen molar-refractivity contribution in [2.45, 2.75) is 25.4 Å². The molecule has 2 amide bonds. The molecule has 0 aliphatic carbocycles. The Bertz CT molecular complexity index is 1090. The third-order valence-corrected chi connectivity index (χ3v) is 5.51. The van der Waals surface area contributed by atoms with Gasteiger partial charge in [-0.15, -0.1) is 0 Å². The summed E-state index contributed by atoms with van der Waals surface area (Å²) in [6.45, 7) is 1.44. The van der Waals surface area contributed by atoms with Crippen molar-refractivity contribution in [2.75, 3.05) is 26.0 Å². The molecular formula is C24H26N6O2. The molecule has 1 fully saturated rings. The van der Waals surface area contributed by atoms with E-state index >= 15 is 0 Å². The minimum atomic E-state index is -0.198. The zero-order chi connectivity index (χ0) is 22.5. The van der Waals surface area contributed by atoms with E-state index in [1.54, 1.807) is 43.4 Å². The summed E-state index contributed by atoms with van der Waals surface area (Å²) < 4.78 is 0. The van der Waals surface area contributed by atoms with Gasteiger partial charge in [0.15, 0.2) is 0 Å². The van der Waals surface area contributed by atoms with Crippen LogP contribution in [0.3, 0.4) is 0 Å². The van der Waals surface area contributed by atoms with Crippen molar-refractivity contribution in [2.24, 2.45) is 0 Å². The molecule has 3 aromatic rings. The van der Waals surface area contributed by atoms with Crippen LogP contribution in [0.5, 0.6) is 0 Å². The van der Waals surface area contributed by atoms with Crippen LogP contribution in [0.25, 0.3) is 0 Å². The number of hydrogen-bond acceptors (Lipinski definition) is 6. The fourth-order valence-electron chi connectivity index (χ4n) is 3.82. The Morgan fingerprint density at radius 1 is 1.16 bits per heavy atom. The summed E-state index contributed by atoms with van der Waals surface area (Å²) in [5.41, 5.74) is 2.29. The van der Waals surface area contributed by atoms with Gasteiger partial charge in [-0.05, 0) is 17.7 Å². The number of nitrogens with one attached hydrogen (secondary N) is 1. The summed E-state index contributed by atoms with van der Waals surface area (Å²) in [4.78, 5) is 42.0. The molecule has 1 aliphatic rings. The summed E-state index contributed by atoms with van der Waals surface area (Å²) in [6, 6.07) is 17.1. The molecule has 1 saturated heterocycles. The topological polar surface area (TPSA) is 91.3 Å². The summed E-state index contributed by atoms with van der Waals surface area (Å²) in [6.07, 6.45) is 2.00. The fraction of sp³-hybridized carbons (Fsp3) is 0.292. The smallest absolute Gasteiger partial charge is 0.272 e. The molecule has 3 heterocycles. The van der Waals surface area contributed by atoms with Gasteiger partial charge in [0.2, 0.25) is 5.91 Å². The van der Waals surface area contributed by atoms with Crippen LogP contribution in [0.15, 0.2) is 60.8 Å². The van der Waals surface area contributed by atoms with Gasteiger partial charge in [0.1, 0.15) is 17.3 Å². The molecule has 8 nitrogen and oxygen atoms in total. The quantitative estimate of drug-likeness (QED) is 0.620. The van der Waals surface area contributed by atoms with Gasteiger partial charge < -0.3 is 15.1 Å². The minimum absolute atomic E-state index is 0.0168. The second kappa shape index (κ2) is 9.55. The van der Waals surface area contributed by atoms with Crippen LogP contribution in [0.1, 0.15) is 39.9 Å². The second-order valence-corrected chi connectivity index (χ2v) is 7.88. The van der Waals surface area contributed by atoms with Gasteiger partial charge in [0, 0.05) is 51.8 Å². The lowest BCUT2D eigenvalue weighted by atomic mass is 10.0. The molecule has 32 heavy (non-hydrogen) atoms. The van der Waals surface area contributed by atoms with E-state index in [0.717, 1.165) is 11.3 Å². The molecular weight excluding hydrogens is 404 g/mol. The number of aromatic nitrogens is 3. The van der Waals surface area contributed by atoms with E-state index in [1.807, 2.05) is 41.3 Å². The summed E-state index contributed by atoms with van der Waals surface area (Å²) in [7, 11) is 3.49. The lowest BCUT2D eigenvalue weighted by Crippen LogP contribution is -2.28. The van der Waals surface area contributed by atoms with E-state index in [2.05, 4.69) is 15.3 Å². The van der Waals surface area contributed by atoms with Gasteiger partial charge in [0.25, 0.3) is 5.91 Å². The maximum absolute atomic E-state index is 12.6. The largest absolute Gasteiger partial charge is 0.373 e. The summed E-state index contributed by atoms with van der Waals surface area (Å²) in [5, 5.41) is 3.06. The maximum Gasteiger partial charge on any atom is 0.272 e. The molecule has 0 saturated carbocycles. The number of benzene rings is 1. The van der Waals surface area contributed by atoms with Crippen molar-refractivity contribution >= 4 is 17.6 Å². The Balaban J connectivity index is 1.49. The van der Waals surface area contributed by atoms with Crippen LogP contribution in [-0.4, -0.2) is 57.2 Å². The van der Waals surface area contributed by atoms with Gasteiger partial charge in [-0.2, -0.15) is 0 Å². The minimum Gasteiger partial charge on any atom is -0.373 e. The predicted molar refractivity (Wildman–Crippen MR) is 121 cm³/mol. The monoisotopic (exact) mass is 430 g/mol. The van der Waals surface area contributed by atoms with E-state index in [0.29, 0.717) is 36.8 Å². The first kappa shape index (κ1) is 21.4. The van der Waals surface area contributed by atoms with Crippen LogP contribution >= 0.6 is 0 Å². The third-order valence-electron chi connectivity index (χ3n) is 5.51. The molecule has 1 aromatic carbocycles. The number of likely N-dealkylation sites (tertiary alicyclic amines) is 1. The SMILES string of the molecule is CNc1cc([C@@H]2CC(=O)N(Cc3ccccc3)C2)nc(CN(C)C(=O)c2ccccn2)n1. The molecule has 0 spiro atoms. The molecule has 0 radical (unpaired) electrons. The second-order valence-electron chi connectivity index (χ2n) is 7.88. The van der Waals surface area contributed by atoms with E-state index in [9.17, 15) is 9.59 Å². The van der Waals surface area contributed by atoms with E-state index in [4.69, 9.17) is 4.98 Å². The molecule has 2 aromatic heterocycles. The number of hydrogen-bond donors (Lipinski definition) is 1. The van der Waals surface area contributed by atoms with E-state index in [1.165, 1.54) is 0 Å². The highest BCUT2D eigenvalue weighted by molar-refractivity contribution is 5.91. The van der Waals surface area contributed by atoms with Crippen LogP contribution in [0.2, 0.25) is 0 Å². The fourth-order valence-corrected chi connectivity index (χ4v) is 3.82. The Hall–Kier alpha value is -3.81. The maximum atomic E-state index is 12.6. The van der Waals surface area contributed by atoms with Gasteiger partial charge in [-0.1, -0.05) is 36.4 Å². The molecule has 8 heteroatoms. The molecule has 0 bridgehead atoms. The van der Waals surface area contributed by atoms with Crippen molar-refractivity contribution in [1.29, 1.82) is 0 Å². The van der Waals surface area contributed by atoms with Crippen molar-refractivity contribution in [3.05, 3.63) is 83.6 Å². The van der Waals surface area contributed by atoms with Gasteiger partial charge >= 0.3 is 0 Å². The highest BCUT2D eigenvalue weighted by Crippen LogP contribution is 2.29. The van der Waals surface area contributed by atoms with Crippen LogP contribution in [0, 0.1) is 0 Å². The zero-order valence-electron chi connectivity index (χ0n) is 18.2. The molecule has 0 unspecified atom stereocenters.